The Labute approximate surface area is 152 Å². The molecule has 0 saturated carbocycles. The van der Waals surface area contributed by atoms with E-state index in [1.165, 1.54) is 19.2 Å². The number of carbonyl (C=O) groups is 2. The molecule has 2 rings (SSSR count). The predicted octanol–water partition coefficient (Wildman–Crippen LogP) is 2.18. The molecule has 0 aliphatic heterocycles. The number of aryl methyl sites for hydroxylation is 1. The number of nitrogens with one attached hydrogen (secondary N) is 1. The minimum absolute atomic E-state index is 0.0116. The molecule has 1 atom stereocenters. The van der Waals surface area contributed by atoms with Gasteiger partial charge in [0.2, 0.25) is 0 Å². The van der Waals surface area contributed by atoms with E-state index in [-0.39, 0.29) is 17.0 Å². The third-order valence-electron chi connectivity index (χ3n) is 3.41. The Bertz CT molecular complexity index is 828. The van der Waals surface area contributed by atoms with E-state index in [1.807, 2.05) is 0 Å². The highest BCUT2D eigenvalue weighted by atomic mass is 16.6. The van der Waals surface area contributed by atoms with Crippen LogP contribution in [0.3, 0.4) is 0 Å². The monoisotopic (exact) mass is 357 g/mol. The molecule has 0 fully saturated rings. The Balaban J connectivity index is 2.49. The fraction of sp³-hybridized carbons (Fsp3) is 0.368. The molecule has 0 aliphatic rings. The van der Waals surface area contributed by atoms with Gasteiger partial charge in [-0.1, -0.05) is 6.07 Å². The number of hydrogen-bond donors (Lipinski definition) is 2. The van der Waals surface area contributed by atoms with E-state index >= 15 is 0 Å². The third kappa shape index (κ3) is 4.86. The summed E-state index contributed by atoms with van der Waals surface area (Å²) >= 11 is 0. The lowest BCUT2D eigenvalue weighted by atomic mass is 10.1. The fourth-order valence-corrected chi connectivity index (χ4v) is 2.26. The minimum Gasteiger partial charge on any atom is -0.456 e. The molecule has 1 amide bonds. The molecule has 138 valence electrons. The standard InChI is InChI=1S/C19H23N3O4/c1-11-7-6-8-13(21-11)16(23)14-9-12(18(25)26-19(2,3)4)10-15(22-14)17(24)20-5/h6-10,16,23H,1-5H3,(H,20,24). The normalized spacial score (nSPS) is 12.4. The highest BCUT2D eigenvalue weighted by molar-refractivity contribution is 5.96. The Morgan fingerprint density at radius 1 is 1.15 bits per heavy atom. The maximum atomic E-state index is 12.4. The SMILES string of the molecule is CNC(=O)c1cc(C(=O)OC(C)(C)C)cc(C(O)c2cccc(C)n2)n1. The summed E-state index contributed by atoms with van der Waals surface area (Å²) in [6, 6.07) is 7.97. The lowest BCUT2D eigenvalue weighted by molar-refractivity contribution is 0.00691. The van der Waals surface area contributed by atoms with Crippen molar-refractivity contribution in [3.63, 3.8) is 0 Å². The van der Waals surface area contributed by atoms with Crippen molar-refractivity contribution < 1.29 is 19.4 Å². The number of aliphatic hydroxyl groups excluding tert-OH is 1. The number of amides is 1. The molecule has 0 radical (unpaired) electrons. The number of esters is 1. The Kier molecular flexibility index (Phi) is 5.72. The molecule has 0 aromatic carbocycles. The number of carbonyl (C=O) groups excluding carboxylic acids is 2. The first-order valence-electron chi connectivity index (χ1n) is 8.20. The van der Waals surface area contributed by atoms with Crippen LogP contribution < -0.4 is 5.32 Å². The largest absolute Gasteiger partial charge is 0.456 e. The van der Waals surface area contributed by atoms with Crippen LogP contribution in [0.2, 0.25) is 0 Å². The predicted molar refractivity (Wildman–Crippen MR) is 95.8 cm³/mol. The van der Waals surface area contributed by atoms with Gasteiger partial charge in [0.15, 0.2) is 0 Å². The average molecular weight is 357 g/mol. The molecule has 2 heterocycles. The van der Waals surface area contributed by atoms with Gasteiger partial charge in [-0.15, -0.1) is 0 Å². The van der Waals surface area contributed by atoms with E-state index in [9.17, 15) is 14.7 Å². The van der Waals surface area contributed by atoms with E-state index in [0.29, 0.717) is 5.69 Å². The maximum absolute atomic E-state index is 12.4. The second kappa shape index (κ2) is 7.61. The molecule has 0 bridgehead atoms. The van der Waals surface area contributed by atoms with E-state index in [4.69, 9.17) is 4.74 Å². The number of pyridine rings is 2. The van der Waals surface area contributed by atoms with Gasteiger partial charge in [-0.25, -0.2) is 9.78 Å². The van der Waals surface area contributed by atoms with Gasteiger partial charge in [-0.3, -0.25) is 9.78 Å². The second-order valence-corrected chi connectivity index (χ2v) is 6.85. The summed E-state index contributed by atoms with van der Waals surface area (Å²) in [5, 5.41) is 13.1. The molecular formula is C19H23N3O4. The first kappa shape index (κ1) is 19.5. The average Bonchev–Trinajstić information content (AvgIpc) is 2.58. The zero-order valence-electron chi connectivity index (χ0n) is 15.5. The molecule has 7 nitrogen and oxygen atoms in total. The van der Waals surface area contributed by atoms with Gasteiger partial charge in [-0.05, 0) is 52.0 Å². The van der Waals surface area contributed by atoms with Crippen LogP contribution in [0.25, 0.3) is 0 Å². The van der Waals surface area contributed by atoms with Crippen molar-refractivity contribution in [1.29, 1.82) is 0 Å². The fourth-order valence-electron chi connectivity index (χ4n) is 2.26. The quantitative estimate of drug-likeness (QED) is 0.813. The van der Waals surface area contributed by atoms with Crippen molar-refractivity contribution in [2.45, 2.75) is 39.4 Å². The molecular weight excluding hydrogens is 334 g/mol. The molecule has 26 heavy (non-hydrogen) atoms. The summed E-state index contributed by atoms with van der Waals surface area (Å²) in [5.41, 5.74) is 0.709. The highest BCUT2D eigenvalue weighted by Gasteiger charge is 2.23. The van der Waals surface area contributed by atoms with Gasteiger partial charge < -0.3 is 15.2 Å². The Morgan fingerprint density at radius 3 is 2.42 bits per heavy atom. The van der Waals surface area contributed by atoms with Gasteiger partial charge in [-0.2, -0.15) is 0 Å². The maximum Gasteiger partial charge on any atom is 0.338 e. The summed E-state index contributed by atoms with van der Waals surface area (Å²) in [5.74, 6) is -1.07. The summed E-state index contributed by atoms with van der Waals surface area (Å²) in [4.78, 5) is 32.9. The summed E-state index contributed by atoms with van der Waals surface area (Å²) < 4.78 is 5.36. The van der Waals surface area contributed by atoms with E-state index in [2.05, 4.69) is 15.3 Å². The third-order valence-corrected chi connectivity index (χ3v) is 3.41. The number of nitrogens with zero attached hydrogens (tertiary/aromatic N) is 2. The first-order chi connectivity index (χ1) is 12.1. The molecule has 1 unspecified atom stereocenters. The van der Waals surface area contributed by atoms with Crippen LogP contribution in [0.1, 0.15) is 64.8 Å². The summed E-state index contributed by atoms with van der Waals surface area (Å²) in [6.07, 6.45) is -1.18. The van der Waals surface area contributed by atoms with E-state index in [0.717, 1.165) is 5.69 Å². The smallest absolute Gasteiger partial charge is 0.338 e. The van der Waals surface area contributed by atoms with Gasteiger partial charge in [0, 0.05) is 12.7 Å². The van der Waals surface area contributed by atoms with Crippen LogP contribution in [-0.4, -0.2) is 39.6 Å². The minimum atomic E-state index is -1.18. The van der Waals surface area contributed by atoms with Gasteiger partial charge in [0.25, 0.3) is 5.91 Å². The van der Waals surface area contributed by atoms with Crippen molar-refractivity contribution in [3.05, 3.63) is 58.7 Å². The van der Waals surface area contributed by atoms with Crippen molar-refractivity contribution in [1.82, 2.24) is 15.3 Å². The number of aliphatic hydroxyl groups is 1. The van der Waals surface area contributed by atoms with Crippen LogP contribution >= 0.6 is 0 Å². The summed E-state index contributed by atoms with van der Waals surface area (Å²) in [6.45, 7) is 7.05. The van der Waals surface area contributed by atoms with Crippen molar-refractivity contribution in [2.75, 3.05) is 7.05 Å². The van der Waals surface area contributed by atoms with Crippen LogP contribution in [0.5, 0.6) is 0 Å². The molecule has 2 aromatic heterocycles. The Morgan fingerprint density at radius 2 is 1.85 bits per heavy atom. The van der Waals surface area contributed by atoms with Crippen molar-refractivity contribution in [2.24, 2.45) is 0 Å². The van der Waals surface area contributed by atoms with E-state index < -0.39 is 23.6 Å². The second-order valence-electron chi connectivity index (χ2n) is 6.85. The molecule has 2 aromatic rings. The van der Waals surface area contributed by atoms with Crippen LogP contribution in [0, 0.1) is 6.92 Å². The Hall–Kier alpha value is -2.80. The molecule has 0 saturated heterocycles. The van der Waals surface area contributed by atoms with Gasteiger partial charge >= 0.3 is 5.97 Å². The molecule has 2 N–H and O–H groups in total. The van der Waals surface area contributed by atoms with Crippen molar-refractivity contribution >= 4 is 11.9 Å². The lowest BCUT2D eigenvalue weighted by Gasteiger charge is -2.20. The zero-order valence-corrected chi connectivity index (χ0v) is 15.5. The van der Waals surface area contributed by atoms with Crippen molar-refractivity contribution in [3.8, 4) is 0 Å². The van der Waals surface area contributed by atoms with Crippen LogP contribution in [-0.2, 0) is 4.74 Å². The zero-order chi connectivity index (χ0) is 19.5. The number of ether oxygens (including phenoxy) is 1. The summed E-state index contributed by atoms with van der Waals surface area (Å²) in [7, 11) is 1.46. The number of aromatic nitrogens is 2. The highest BCUT2D eigenvalue weighted by Crippen LogP contribution is 2.22. The van der Waals surface area contributed by atoms with Crippen LogP contribution in [0.4, 0.5) is 0 Å². The van der Waals surface area contributed by atoms with E-state index in [1.54, 1.807) is 45.9 Å². The molecule has 0 spiro atoms. The number of rotatable bonds is 4. The molecule has 7 heteroatoms. The van der Waals surface area contributed by atoms with Gasteiger partial charge in [0.05, 0.1) is 17.0 Å². The topological polar surface area (TPSA) is 101 Å². The van der Waals surface area contributed by atoms with Gasteiger partial charge in [0.1, 0.15) is 17.4 Å². The molecule has 0 aliphatic carbocycles. The first-order valence-corrected chi connectivity index (χ1v) is 8.20. The number of hydrogen-bond acceptors (Lipinski definition) is 6. The lowest BCUT2D eigenvalue weighted by Crippen LogP contribution is -2.25. The van der Waals surface area contributed by atoms with Crippen LogP contribution in [0.15, 0.2) is 30.3 Å².